The van der Waals surface area contributed by atoms with Crippen LogP contribution in [0.4, 0.5) is 0 Å². The van der Waals surface area contributed by atoms with Gasteiger partial charge in [-0.05, 0) is 42.2 Å². The first-order valence-corrected chi connectivity index (χ1v) is 8.59. The fraction of sp³-hybridized carbons (Fsp3) is 0.250. The van der Waals surface area contributed by atoms with E-state index < -0.39 is 5.97 Å². The van der Waals surface area contributed by atoms with E-state index in [1.807, 2.05) is 30.3 Å². The fourth-order valence-corrected chi connectivity index (χ4v) is 2.69. The Balaban J connectivity index is 1.48. The summed E-state index contributed by atoms with van der Waals surface area (Å²) in [5.41, 5.74) is 4.04. The van der Waals surface area contributed by atoms with Gasteiger partial charge in [0.15, 0.2) is 0 Å². The minimum absolute atomic E-state index is 0.203. The third-order valence-corrected chi connectivity index (χ3v) is 4.02. The van der Waals surface area contributed by atoms with E-state index in [0.29, 0.717) is 13.0 Å². The van der Waals surface area contributed by atoms with Crippen LogP contribution < -0.4 is 4.74 Å². The average molecular weight is 351 g/mol. The number of H-pyrrole nitrogens is 1. The number of aromatic nitrogens is 3. The molecule has 134 valence electrons. The van der Waals surface area contributed by atoms with Gasteiger partial charge in [0.1, 0.15) is 5.75 Å². The number of aromatic amines is 1. The Labute approximate surface area is 151 Å². The maximum absolute atomic E-state index is 10.6. The Morgan fingerprint density at radius 3 is 2.65 bits per heavy atom. The predicted molar refractivity (Wildman–Crippen MR) is 98.0 cm³/mol. The molecule has 0 radical (unpaired) electrons. The molecule has 0 amide bonds. The maximum atomic E-state index is 10.6. The van der Waals surface area contributed by atoms with Crippen LogP contribution in [0.15, 0.2) is 54.9 Å². The van der Waals surface area contributed by atoms with Crippen LogP contribution in [-0.4, -0.2) is 32.9 Å². The van der Waals surface area contributed by atoms with Gasteiger partial charge in [-0.15, -0.1) is 0 Å². The first-order chi connectivity index (χ1) is 12.7. The molecular weight excluding hydrogens is 330 g/mol. The molecule has 0 saturated heterocycles. The molecule has 3 aromatic rings. The number of hydrogen-bond donors (Lipinski definition) is 2. The van der Waals surface area contributed by atoms with Crippen LogP contribution in [0, 0.1) is 0 Å². The molecule has 0 bridgehead atoms. The highest BCUT2D eigenvalue weighted by molar-refractivity contribution is 5.66. The Morgan fingerprint density at radius 1 is 1.12 bits per heavy atom. The number of benzene rings is 1. The van der Waals surface area contributed by atoms with Crippen molar-refractivity contribution >= 4 is 5.97 Å². The van der Waals surface area contributed by atoms with Crippen LogP contribution >= 0.6 is 0 Å². The summed E-state index contributed by atoms with van der Waals surface area (Å²) in [6.45, 7) is 0.559. The summed E-state index contributed by atoms with van der Waals surface area (Å²) < 4.78 is 5.77. The number of aryl methyl sites for hydroxylation is 1. The highest BCUT2D eigenvalue weighted by atomic mass is 16.5. The molecule has 0 fully saturated rings. The highest BCUT2D eigenvalue weighted by Crippen LogP contribution is 2.17. The van der Waals surface area contributed by atoms with Gasteiger partial charge in [0.05, 0.1) is 24.2 Å². The standard InChI is InChI=1S/C20H21N3O3/c24-20(25)6-2-5-15-3-1-4-16(13-15)10-12-26-17-7-8-18(21-14-17)19-9-11-22-23-19/h1,3-4,7-9,11,13-14H,2,5-6,10,12H2,(H,22,23)(H,24,25). The Bertz CT molecular complexity index is 830. The first kappa shape index (κ1) is 17.7. The summed E-state index contributed by atoms with van der Waals surface area (Å²) in [4.78, 5) is 15.0. The second-order valence-corrected chi connectivity index (χ2v) is 6.02. The highest BCUT2D eigenvalue weighted by Gasteiger charge is 2.03. The minimum atomic E-state index is -0.748. The Hall–Kier alpha value is -3.15. The zero-order chi connectivity index (χ0) is 18.2. The molecule has 0 aliphatic carbocycles. The van der Waals surface area contributed by atoms with Gasteiger partial charge in [-0.2, -0.15) is 5.10 Å². The number of ether oxygens (including phenoxy) is 1. The van der Waals surface area contributed by atoms with Crippen molar-refractivity contribution in [1.29, 1.82) is 0 Å². The van der Waals surface area contributed by atoms with Crippen LogP contribution in [0.25, 0.3) is 11.4 Å². The van der Waals surface area contributed by atoms with Crippen LogP contribution in [0.3, 0.4) is 0 Å². The van der Waals surface area contributed by atoms with E-state index in [1.54, 1.807) is 12.4 Å². The van der Waals surface area contributed by atoms with E-state index in [9.17, 15) is 4.79 Å². The van der Waals surface area contributed by atoms with Crippen molar-refractivity contribution in [3.63, 3.8) is 0 Å². The number of carboxylic acids is 1. The lowest BCUT2D eigenvalue weighted by Gasteiger charge is -2.08. The van der Waals surface area contributed by atoms with Gasteiger partial charge in [-0.3, -0.25) is 14.9 Å². The quantitative estimate of drug-likeness (QED) is 0.616. The Kier molecular flexibility index (Phi) is 5.98. The van der Waals surface area contributed by atoms with E-state index in [4.69, 9.17) is 9.84 Å². The molecule has 0 aliphatic heterocycles. The summed E-state index contributed by atoms with van der Waals surface area (Å²) >= 11 is 0. The second-order valence-electron chi connectivity index (χ2n) is 6.02. The molecule has 3 rings (SSSR count). The van der Waals surface area contributed by atoms with Gasteiger partial charge in [0.25, 0.3) is 0 Å². The van der Waals surface area contributed by atoms with Crippen molar-refractivity contribution in [3.8, 4) is 17.1 Å². The molecule has 0 saturated carbocycles. The van der Waals surface area contributed by atoms with Gasteiger partial charge < -0.3 is 9.84 Å². The average Bonchev–Trinajstić information content (AvgIpc) is 3.17. The molecule has 2 aromatic heterocycles. The van der Waals surface area contributed by atoms with E-state index in [0.717, 1.165) is 35.5 Å². The molecule has 0 atom stereocenters. The summed E-state index contributed by atoms with van der Waals surface area (Å²) in [6, 6.07) is 13.9. The van der Waals surface area contributed by atoms with E-state index in [1.165, 1.54) is 5.56 Å². The van der Waals surface area contributed by atoms with Crippen molar-refractivity contribution in [2.75, 3.05) is 6.61 Å². The number of rotatable bonds is 9. The van der Waals surface area contributed by atoms with Gasteiger partial charge in [0, 0.05) is 19.0 Å². The maximum Gasteiger partial charge on any atom is 0.303 e. The van der Waals surface area contributed by atoms with Crippen molar-refractivity contribution in [2.24, 2.45) is 0 Å². The third kappa shape index (κ3) is 5.17. The minimum Gasteiger partial charge on any atom is -0.492 e. The van der Waals surface area contributed by atoms with Gasteiger partial charge in [-0.1, -0.05) is 24.3 Å². The van der Waals surface area contributed by atoms with Gasteiger partial charge in [-0.25, -0.2) is 0 Å². The van der Waals surface area contributed by atoms with Crippen molar-refractivity contribution < 1.29 is 14.6 Å². The number of nitrogens with one attached hydrogen (secondary N) is 1. The second kappa shape index (κ2) is 8.80. The van der Waals surface area contributed by atoms with Gasteiger partial charge in [0.2, 0.25) is 0 Å². The number of hydrogen-bond acceptors (Lipinski definition) is 4. The molecule has 6 heteroatoms. The van der Waals surface area contributed by atoms with E-state index in [-0.39, 0.29) is 6.42 Å². The number of carboxylic acid groups (broad SMARTS) is 1. The largest absolute Gasteiger partial charge is 0.492 e. The SMILES string of the molecule is O=C(O)CCCc1cccc(CCOc2ccc(-c3ccn[nH]3)nc2)c1. The first-order valence-electron chi connectivity index (χ1n) is 8.59. The lowest BCUT2D eigenvalue weighted by Crippen LogP contribution is -2.02. The van der Waals surface area contributed by atoms with Crippen molar-refractivity contribution in [1.82, 2.24) is 15.2 Å². The molecule has 0 unspecified atom stereocenters. The zero-order valence-electron chi connectivity index (χ0n) is 14.4. The molecule has 0 spiro atoms. The van der Waals surface area contributed by atoms with E-state index in [2.05, 4.69) is 27.3 Å². The van der Waals surface area contributed by atoms with E-state index >= 15 is 0 Å². The number of nitrogens with zero attached hydrogens (tertiary/aromatic N) is 2. The summed E-state index contributed by atoms with van der Waals surface area (Å²) in [6.07, 6.45) is 5.82. The fourth-order valence-electron chi connectivity index (χ4n) is 2.69. The van der Waals surface area contributed by atoms with Gasteiger partial charge >= 0.3 is 5.97 Å². The van der Waals surface area contributed by atoms with Crippen LogP contribution in [0.5, 0.6) is 5.75 Å². The monoisotopic (exact) mass is 351 g/mol. The Morgan fingerprint density at radius 2 is 1.96 bits per heavy atom. The lowest BCUT2D eigenvalue weighted by molar-refractivity contribution is -0.137. The predicted octanol–water partition coefficient (Wildman–Crippen LogP) is 3.50. The number of carbonyl (C=O) groups is 1. The smallest absolute Gasteiger partial charge is 0.303 e. The van der Waals surface area contributed by atoms with Crippen LogP contribution in [-0.2, 0) is 17.6 Å². The number of aliphatic carboxylic acids is 1. The molecular formula is C20H21N3O3. The van der Waals surface area contributed by atoms with Crippen molar-refractivity contribution in [3.05, 3.63) is 66.0 Å². The van der Waals surface area contributed by atoms with Crippen LogP contribution in [0.1, 0.15) is 24.0 Å². The summed E-state index contributed by atoms with van der Waals surface area (Å²) in [5, 5.41) is 15.5. The zero-order valence-corrected chi connectivity index (χ0v) is 14.4. The topological polar surface area (TPSA) is 88.1 Å². The lowest BCUT2D eigenvalue weighted by atomic mass is 10.0. The summed E-state index contributed by atoms with van der Waals surface area (Å²) in [5.74, 6) is -0.0208. The third-order valence-electron chi connectivity index (χ3n) is 4.02. The molecule has 2 heterocycles. The van der Waals surface area contributed by atoms with Crippen molar-refractivity contribution in [2.45, 2.75) is 25.7 Å². The molecule has 0 aliphatic rings. The number of pyridine rings is 1. The molecule has 6 nitrogen and oxygen atoms in total. The molecule has 2 N–H and O–H groups in total. The normalized spacial score (nSPS) is 10.6. The molecule has 1 aromatic carbocycles. The summed E-state index contributed by atoms with van der Waals surface area (Å²) in [7, 11) is 0. The molecule has 26 heavy (non-hydrogen) atoms. The van der Waals surface area contributed by atoms with Crippen LogP contribution in [0.2, 0.25) is 0 Å².